The molecule has 2 rings (SSSR count). The van der Waals surface area contributed by atoms with E-state index in [0.717, 1.165) is 25.7 Å². The van der Waals surface area contributed by atoms with Gasteiger partial charge in [0.1, 0.15) is 0 Å². The molecule has 0 aliphatic heterocycles. The molecule has 0 aromatic heterocycles. The van der Waals surface area contributed by atoms with Gasteiger partial charge >= 0.3 is 0 Å². The summed E-state index contributed by atoms with van der Waals surface area (Å²) in [4.78, 5) is 12.0. The van der Waals surface area contributed by atoms with Crippen molar-refractivity contribution in [2.24, 2.45) is 5.92 Å². The zero-order chi connectivity index (χ0) is 13.8. The first-order chi connectivity index (χ1) is 9.04. The Balaban J connectivity index is 1.90. The van der Waals surface area contributed by atoms with Crippen molar-refractivity contribution in [2.45, 2.75) is 31.1 Å². The molecular formula is C14H16Cl3NO. The van der Waals surface area contributed by atoms with Crippen molar-refractivity contribution < 1.29 is 4.79 Å². The molecule has 1 aromatic carbocycles. The second-order valence-electron chi connectivity index (χ2n) is 5.00. The maximum absolute atomic E-state index is 12.0. The molecule has 1 amide bonds. The number of benzene rings is 1. The molecule has 2 atom stereocenters. The highest BCUT2D eigenvalue weighted by Gasteiger charge is 2.20. The zero-order valence-electron chi connectivity index (χ0n) is 10.5. The van der Waals surface area contributed by atoms with Gasteiger partial charge in [-0.05, 0) is 43.4 Å². The van der Waals surface area contributed by atoms with Gasteiger partial charge in [-0.15, -0.1) is 11.6 Å². The number of rotatable bonds is 3. The Hall–Kier alpha value is -0.440. The lowest BCUT2D eigenvalue weighted by Gasteiger charge is -2.25. The van der Waals surface area contributed by atoms with Crippen LogP contribution in [0.4, 0.5) is 0 Å². The van der Waals surface area contributed by atoms with Crippen LogP contribution in [0, 0.1) is 5.92 Å². The van der Waals surface area contributed by atoms with Crippen molar-refractivity contribution in [1.82, 2.24) is 5.32 Å². The van der Waals surface area contributed by atoms with Crippen molar-refractivity contribution in [2.75, 3.05) is 6.54 Å². The second kappa shape index (κ2) is 6.83. The fourth-order valence-electron chi connectivity index (χ4n) is 2.43. The van der Waals surface area contributed by atoms with Crippen LogP contribution in [0.15, 0.2) is 18.2 Å². The summed E-state index contributed by atoms with van der Waals surface area (Å²) in [6, 6.07) is 4.85. The van der Waals surface area contributed by atoms with Gasteiger partial charge in [-0.1, -0.05) is 29.6 Å². The van der Waals surface area contributed by atoms with Gasteiger partial charge in [0.05, 0.1) is 0 Å². The molecule has 0 radical (unpaired) electrons. The molecule has 1 N–H and O–H groups in total. The minimum Gasteiger partial charge on any atom is -0.352 e. The lowest BCUT2D eigenvalue weighted by molar-refractivity contribution is 0.0943. The topological polar surface area (TPSA) is 29.1 Å². The van der Waals surface area contributed by atoms with Crippen molar-refractivity contribution in [3.05, 3.63) is 33.8 Å². The lowest BCUT2D eigenvalue weighted by atomic mass is 9.89. The van der Waals surface area contributed by atoms with Gasteiger partial charge in [-0.3, -0.25) is 4.79 Å². The van der Waals surface area contributed by atoms with Crippen LogP contribution in [0.25, 0.3) is 0 Å². The Morgan fingerprint density at radius 3 is 2.53 bits per heavy atom. The molecule has 0 heterocycles. The molecule has 1 saturated carbocycles. The average molecular weight is 321 g/mol. The summed E-state index contributed by atoms with van der Waals surface area (Å²) >= 11 is 17.9. The maximum atomic E-state index is 12.0. The van der Waals surface area contributed by atoms with Crippen LogP contribution in [0.1, 0.15) is 36.0 Å². The van der Waals surface area contributed by atoms with Crippen LogP contribution < -0.4 is 5.32 Å². The smallest absolute Gasteiger partial charge is 0.251 e. The fourth-order valence-corrected chi connectivity index (χ4v) is 3.37. The molecule has 0 bridgehead atoms. The van der Waals surface area contributed by atoms with E-state index in [1.54, 1.807) is 18.2 Å². The largest absolute Gasteiger partial charge is 0.352 e. The van der Waals surface area contributed by atoms with Crippen LogP contribution in [0.2, 0.25) is 10.0 Å². The van der Waals surface area contributed by atoms with E-state index < -0.39 is 0 Å². The number of halogens is 3. The maximum Gasteiger partial charge on any atom is 0.251 e. The number of carbonyl (C=O) groups excluding carboxylic acids is 1. The van der Waals surface area contributed by atoms with E-state index in [4.69, 9.17) is 34.8 Å². The van der Waals surface area contributed by atoms with Crippen LogP contribution in [-0.4, -0.2) is 17.8 Å². The van der Waals surface area contributed by atoms with Gasteiger partial charge in [-0.25, -0.2) is 0 Å². The van der Waals surface area contributed by atoms with E-state index in [0.29, 0.717) is 28.1 Å². The van der Waals surface area contributed by atoms with Crippen molar-refractivity contribution in [3.8, 4) is 0 Å². The SMILES string of the molecule is O=C(NCC1CCCC(Cl)C1)c1cc(Cl)cc(Cl)c1. The Bertz CT molecular complexity index is 444. The number of nitrogens with one attached hydrogen (secondary N) is 1. The van der Waals surface area contributed by atoms with Gasteiger partial charge in [-0.2, -0.15) is 0 Å². The van der Waals surface area contributed by atoms with Crippen LogP contribution in [0.3, 0.4) is 0 Å². The van der Waals surface area contributed by atoms with Gasteiger partial charge in [0, 0.05) is 27.5 Å². The van der Waals surface area contributed by atoms with Crippen molar-refractivity contribution >= 4 is 40.7 Å². The highest BCUT2D eigenvalue weighted by molar-refractivity contribution is 6.35. The quantitative estimate of drug-likeness (QED) is 0.815. The summed E-state index contributed by atoms with van der Waals surface area (Å²) in [5.41, 5.74) is 0.496. The lowest BCUT2D eigenvalue weighted by Crippen LogP contribution is -2.32. The fraction of sp³-hybridized carbons (Fsp3) is 0.500. The molecule has 1 aliphatic carbocycles. The highest BCUT2D eigenvalue weighted by atomic mass is 35.5. The van der Waals surface area contributed by atoms with E-state index >= 15 is 0 Å². The summed E-state index contributed by atoms with van der Waals surface area (Å²) in [5.74, 6) is 0.330. The third-order valence-electron chi connectivity index (χ3n) is 3.39. The normalized spacial score (nSPS) is 23.1. The van der Waals surface area contributed by atoms with Crippen LogP contribution >= 0.6 is 34.8 Å². The summed E-state index contributed by atoms with van der Waals surface area (Å²) in [7, 11) is 0. The number of hydrogen-bond donors (Lipinski definition) is 1. The summed E-state index contributed by atoms with van der Waals surface area (Å²) in [6.45, 7) is 0.659. The first-order valence-corrected chi connectivity index (χ1v) is 7.62. The second-order valence-corrected chi connectivity index (χ2v) is 6.49. The summed E-state index contributed by atoms with van der Waals surface area (Å²) in [5, 5.41) is 4.11. The van der Waals surface area contributed by atoms with E-state index in [9.17, 15) is 4.79 Å². The van der Waals surface area contributed by atoms with E-state index in [2.05, 4.69) is 5.32 Å². The minimum absolute atomic E-state index is 0.138. The Morgan fingerprint density at radius 1 is 1.21 bits per heavy atom. The molecule has 1 aliphatic rings. The Labute approximate surface area is 128 Å². The molecule has 2 nitrogen and oxygen atoms in total. The summed E-state index contributed by atoms with van der Waals surface area (Å²) < 4.78 is 0. The van der Waals surface area contributed by atoms with Crippen molar-refractivity contribution in [1.29, 1.82) is 0 Å². The minimum atomic E-state index is -0.138. The van der Waals surface area contributed by atoms with Gasteiger partial charge < -0.3 is 5.32 Å². The number of hydrogen-bond acceptors (Lipinski definition) is 1. The molecule has 104 valence electrons. The third-order valence-corrected chi connectivity index (χ3v) is 4.23. The molecule has 2 unspecified atom stereocenters. The summed E-state index contributed by atoms with van der Waals surface area (Å²) in [6.07, 6.45) is 4.31. The predicted octanol–water partition coefficient (Wildman–Crippen LogP) is 4.52. The molecule has 19 heavy (non-hydrogen) atoms. The first-order valence-electron chi connectivity index (χ1n) is 6.43. The van der Waals surface area contributed by atoms with Gasteiger partial charge in [0.15, 0.2) is 0 Å². The molecule has 0 spiro atoms. The predicted molar refractivity (Wildman–Crippen MR) is 80.4 cm³/mol. The highest BCUT2D eigenvalue weighted by Crippen LogP contribution is 2.27. The molecule has 0 saturated heterocycles. The molecule has 1 aromatic rings. The van der Waals surface area contributed by atoms with E-state index in [1.165, 1.54) is 0 Å². The Kier molecular flexibility index (Phi) is 5.37. The van der Waals surface area contributed by atoms with Crippen LogP contribution in [-0.2, 0) is 0 Å². The number of carbonyl (C=O) groups is 1. The van der Waals surface area contributed by atoms with E-state index in [1.807, 2.05) is 0 Å². The first kappa shape index (κ1) is 15.0. The van der Waals surface area contributed by atoms with Crippen LogP contribution in [0.5, 0.6) is 0 Å². The zero-order valence-corrected chi connectivity index (χ0v) is 12.7. The standard InChI is InChI=1S/C14H16Cl3NO/c15-11-3-1-2-9(4-11)8-18-14(19)10-5-12(16)7-13(17)6-10/h5-7,9,11H,1-4,8H2,(H,18,19). The van der Waals surface area contributed by atoms with Gasteiger partial charge in [0.2, 0.25) is 0 Å². The number of alkyl halides is 1. The van der Waals surface area contributed by atoms with E-state index in [-0.39, 0.29) is 11.3 Å². The molecule has 1 fully saturated rings. The number of amides is 1. The molecule has 5 heteroatoms. The third kappa shape index (κ3) is 4.55. The average Bonchev–Trinajstić information content (AvgIpc) is 2.35. The Morgan fingerprint density at radius 2 is 1.89 bits per heavy atom. The monoisotopic (exact) mass is 319 g/mol. The molecular weight excluding hydrogens is 305 g/mol. The van der Waals surface area contributed by atoms with Crippen molar-refractivity contribution in [3.63, 3.8) is 0 Å². The van der Waals surface area contributed by atoms with Gasteiger partial charge in [0.25, 0.3) is 5.91 Å².